The highest BCUT2D eigenvalue weighted by atomic mass is 16.2. The maximum atomic E-state index is 13.1. The Morgan fingerprint density at radius 2 is 1.66 bits per heavy atom. The van der Waals surface area contributed by atoms with Crippen molar-refractivity contribution in [2.24, 2.45) is 16.7 Å². The number of likely N-dealkylation sites (tertiary alicyclic amines) is 1. The minimum Gasteiger partial charge on any atom is -0.326 e. The van der Waals surface area contributed by atoms with Crippen LogP contribution in [0, 0.1) is 16.7 Å². The number of carbonyl (C=O) groups is 2. The van der Waals surface area contributed by atoms with Gasteiger partial charge in [-0.1, -0.05) is 51.1 Å². The zero-order chi connectivity index (χ0) is 20.6. The predicted octanol–water partition coefficient (Wildman–Crippen LogP) is 0.171. The van der Waals surface area contributed by atoms with Gasteiger partial charge in [0.1, 0.15) is 32.7 Å². The third kappa shape index (κ3) is 3.64. The van der Waals surface area contributed by atoms with Gasteiger partial charge in [-0.2, -0.15) is 0 Å². The van der Waals surface area contributed by atoms with Crippen molar-refractivity contribution in [1.82, 2.24) is 4.90 Å². The van der Waals surface area contributed by atoms with E-state index < -0.39 is 0 Å². The molecule has 2 amide bonds. The predicted molar refractivity (Wildman–Crippen MR) is 112 cm³/mol. The summed E-state index contributed by atoms with van der Waals surface area (Å²) in [6, 6.07) is 10.7. The molecule has 1 saturated carbocycles. The molecule has 2 aliphatic heterocycles. The van der Waals surface area contributed by atoms with E-state index in [4.69, 9.17) is 0 Å². The number of piperidine rings is 1. The number of piperazine rings is 1. The molecule has 2 atom stereocenters. The van der Waals surface area contributed by atoms with Crippen molar-refractivity contribution in [1.29, 1.82) is 0 Å². The molecule has 5 nitrogen and oxygen atoms in total. The van der Waals surface area contributed by atoms with Crippen LogP contribution in [-0.4, -0.2) is 56.0 Å². The molecule has 0 aromatic heterocycles. The van der Waals surface area contributed by atoms with Crippen LogP contribution in [0.2, 0.25) is 0 Å². The van der Waals surface area contributed by atoms with E-state index in [0.717, 1.165) is 32.4 Å². The molecule has 5 heteroatoms. The number of rotatable bonds is 6. The molecular formula is C24H37N3O2+2. The van der Waals surface area contributed by atoms with Crippen molar-refractivity contribution in [3.8, 4) is 0 Å². The highest BCUT2D eigenvalue weighted by Crippen LogP contribution is 2.59. The summed E-state index contributed by atoms with van der Waals surface area (Å²) in [7, 11) is 0. The standard InChI is InChI=1S/C24H35N3O2/c1-23(2)20-10-11-24(23,3)22(29)27(21(20)28)13-7-12-25-14-16-26(17-15-25)18-19-8-5-4-6-9-19/h4-6,8-9,20H,7,10-18H2,1-3H3/p+2. The second kappa shape index (κ2) is 7.84. The second-order valence-electron chi connectivity index (χ2n) is 10.2. The van der Waals surface area contributed by atoms with Gasteiger partial charge in [-0.3, -0.25) is 14.5 Å². The number of imide groups is 1. The van der Waals surface area contributed by atoms with E-state index in [-0.39, 0.29) is 28.6 Å². The number of fused-ring (bicyclic) bond motifs is 2. The van der Waals surface area contributed by atoms with Gasteiger partial charge < -0.3 is 9.80 Å². The first-order valence-electron chi connectivity index (χ1n) is 11.4. The number of benzene rings is 1. The molecule has 3 fully saturated rings. The van der Waals surface area contributed by atoms with Gasteiger partial charge >= 0.3 is 0 Å². The third-order valence-corrected chi connectivity index (χ3v) is 8.38. The molecule has 0 radical (unpaired) electrons. The van der Waals surface area contributed by atoms with Gasteiger partial charge in [0.25, 0.3) is 0 Å². The zero-order valence-electron chi connectivity index (χ0n) is 18.3. The minimum absolute atomic E-state index is 0.0164. The SMILES string of the molecule is CC12CCC(C(=O)N(CCC[NH+]3CC[NH+](Cc4ccccc4)CC3)C1=O)C2(C)C. The van der Waals surface area contributed by atoms with Crippen molar-refractivity contribution in [3.05, 3.63) is 35.9 Å². The molecule has 2 bridgehead atoms. The van der Waals surface area contributed by atoms with Crippen molar-refractivity contribution in [2.75, 3.05) is 39.3 Å². The molecule has 158 valence electrons. The van der Waals surface area contributed by atoms with Crippen LogP contribution in [-0.2, 0) is 16.1 Å². The fourth-order valence-corrected chi connectivity index (χ4v) is 5.87. The average molecular weight is 400 g/mol. The molecule has 2 saturated heterocycles. The Bertz CT molecular complexity index is 755. The summed E-state index contributed by atoms with van der Waals surface area (Å²) in [6.07, 6.45) is 2.63. The Morgan fingerprint density at radius 1 is 1.00 bits per heavy atom. The highest BCUT2D eigenvalue weighted by Gasteiger charge is 2.64. The van der Waals surface area contributed by atoms with Gasteiger partial charge in [-0.05, 0) is 18.3 Å². The Hall–Kier alpha value is -1.72. The maximum absolute atomic E-state index is 13.1. The van der Waals surface area contributed by atoms with Gasteiger partial charge in [0.05, 0.1) is 12.0 Å². The fraction of sp³-hybridized carbons (Fsp3) is 0.667. The van der Waals surface area contributed by atoms with Crippen molar-refractivity contribution in [2.45, 2.75) is 46.6 Å². The molecule has 29 heavy (non-hydrogen) atoms. The number of quaternary nitrogens is 2. The van der Waals surface area contributed by atoms with Gasteiger partial charge in [0.15, 0.2) is 0 Å². The number of nitrogens with zero attached hydrogens (tertiary/aromatic N) is 1. The van der Waals surface area contributed by atoms with E-state index in [1.165, 1.54) is 31.7 Å². The lowest BCUT2D eigenvalue weighted by molar-refractivity contribution is -1.02. The Labute approximate surface area is 175 Å². The summed E-state index contributed by atoms with van der Waals surface area (Å²) >= 11 is 0. The quantitative estimate of drug-likeness (QED) is 0.670. The summed E-state index contributed by atoms with van der Waals surface area (Å²) in [6.45, 7) is 13.8. The van der Waals surface area contributed by atoms with Crippen LogP contribution in [0.5, 0.6) is 0 Å². The zero-order valence-corrected chi connectivity index (χ0v) is 18.3. The van der Waals surface area contributed by atoms with E-state index in [1.54, 1.807) is 14.7 Å². The first-order chi connectivity index (χ1) is 13.8. The topological polar surface area (TPSA) is 46.3 Å². The summed E-state index contributed by atoms with van der Waals surface area (Å²) in [4.78, 5) is 31.0. The van der Waals surface area contributed by atoms with Crippen LogP contribution >= 0.6 is 0 Å². The number of amides is 2. The van der Waals surface area contributed by atoms with Crippen molar-refractivity contribution >= 4 is 11.8 Å². The van der Waals surface area contributed by atoms with Crippen molar-refractivity contribution in [3.63, 3.8) is 0 Å². The summed E-state index contributed by atoms with van der Waals surface area (Å²) in [5.74, 6) is 0.179. The summed E-state index contributed by atoms with van der Waals surface area (Å²) in [5.41, 5.74) is 0.838. The molecule has 0 spiro atoms. The van der Waals surface area contributed by atoms with E-state index >= 15 is 0 Å². The molecule has 1 aromatic carbocycles. The fourth-order valence-electron chi connectivity index (χ4n) is 5.87. The molecule has 1 aliphatic carbocycles. The minimum atomic E-state index is -0.370. The maximum Gasteiger partial charge on any atom is 0.235 e. The van der Waals surface area contributed by atoms with Crippen LogP contribution < -0.4 is 9.80 Å². The second-order valence-corrected chi connectivity index (χ2v) is 10.2. The Balaban J connectivity index is 1.24. The third-order valence-electron chi connectivity index (χ3n) is 8.38. The molecule has 3 aliphatic rings. The number of nitrogens with one attached hydrogen (secondary N) is 2. The molecule has 4 rings (SSSR count). The summed E-state index contributed by atoms with van der Waals surface area (Å²) < 4.78 is 0. The molecule has 2 N–H and O–H groups in total. The van der Waals surface area contributed by atoms with E-state index in [1.807, 2.05) is 0 Å². The van der Waals surface area contributed by atoms with Crippen LogP contribution in [0.1, 0.15) is 45.6 Å². The van der Waals surface area contributed by atoms with Gasteiger partial charge in [0.2, 0.25) is 11.8 Å². The largest absolute Gasteiger partial charge is 0.326 e. The first-order valence-corrected chi connectivity index (χ1v) is 11.4. The van der Waals surface area contributed by atoms with Gasteiger partial charge in [-0.15, -0.1) is 0 Å². The van der Waals surface area contributed by atoms with Crippen LogP contribution in [0.25, 0.3) is 0 Å². The van der Waals surface area contributed by atoms with Gasteiger partial charge in [0, 0.05) is 24.4 Å². The lowest BCUT2D eigenvalue weighted by Crippen LogP contribution is -3.27. The normalized spacial score (nSPS) is 33.9. The lowest BCUT2D eigenvalue weighted by atomic mass is 9.62. The highest BCUT2D eigenvalue weighted by molar-refractivity contribution is 6.03. The van der Waals surface area contributed by atoms with Crippen LogP contribution in [0.3, 0.4) is 0 Å². The number of carbonyl (C=O) groups excluding carboxylic acids is 2. The molecule has 2 heterocycles. The number of hydrogen-bond acceptors (Lipinski definition) is 2. The summed E-state index contributed by atoms with van der Waals surface area (Å²) in [5, 5.41) is 0. The van der Waals surface area contributed by atoms with E-state index in [9.17, 15) is 9.59 Å². The number of hydrogen-bond donors (Lipinski definition) is 2. The molecule has 1 aromatic rings. The first kappa shape index (κ1) is 20.5. The van der Waals surface area contributed by atoms with Crippen molar-refractivity contribution < 1.29 is 19.4 Å². The van der Waals surface area contributed by atoms with Crippen LogP contribution in [0.4, 0.5) is 0 Å². The van der Waals surface area contributed by atoms with E-state index in [2.05, 4.69) is 51.1 Å². The lowest BCUT2D eigenvalue weighted by Gasteiger charge is -2.47. The van der Waals surface area contributed by atoms with Crippen LogP contribution in [0.15, 0.2) is 30.3 Å². The molecule has 2 unspecified atom stereocenters. The smallest absolute Gasteiger partial charge is 0.235 e. The van der Waals surface area contributed by atoms with Gasteiger partial charge in [-0.25, -0.2) is 0 Å². The van der Waals surface area contributed by atoms with E-state index in [0.29, 0.717) is 6.54 Å². The average Bonchev–Trinajstić information content (AvgIpc) is 2.90. The molecular weight excluding hydrogens is 362 g/mol. The Morgan fingerprint density at radius 3 is 2.34 bits per heavy atom. The Kier molecular flexibility index (Phi) is 5.56. The monoisotopic (exact) mass is 399 g/mol.